The summed E-state index contributed by atoms with van der Waals surface area (Å²) in [7, 11) is 0. The van der Waals surface area contributed by atoms with Crippen molar-refractivity contribution in [3.05, 3.63) is 57.5 Å². The average Bonchev–Trinajstić information content (AvgIpc) is 2.85. The summed E-state index contributed by atoms with van der Waals surface area (Å²) in [5.74, 6) is -1.20. The van der Waals surface area contributed by atoms with Crippen LogP contribution in [0.3, 0.4) is 0 Å². The second kappa shape index (κ2) is 4.39. The SMILES string of the molecule is O=C(O)c1c(-c2ccc3c(c2)CCC3)cc[nH]c1=O. The first-order valence-corrected chi connectivity index (χ1v) is 6.24. The van der Waals surface area contributed by atoms with E-state index >= 15 is 0 Å². The van der Waals surface area contributed by atoms with E-state index in [2.05, 4.69) is 4.98 Å². The van der Waals surface area contributed by atoms with Gasteiger partial charge in [-0.05, 0) is 42.0 Å². The Balaban J connectivity index is 2.20. The quantitative estimate of drug-likeness (QED) is 0.864. The summed E-state index contributed by atoms with van der Waals surface area (Å²) in [6.45, 7) is 0. The number of rotatable bonds is 2. The topological polar surface area (TPSA) is 70.2 Å². The molecule has 1 aromatic carbocycles. The number of fused-ring (bicyclic) bond motifs is 1. The van der Waals surface area contributed by atoms with Crippen molar-refractivity contribution in [3.8, 4) is 11.1 Å². The predicted octanol–water partition coefficient (Wildman–Crippen LogP) is 2.23. The van der Waals surface area contributed by atoms with Gasteiger partial charge in [-0.25, -0.2) is 4.79 Å². The van der Waals surface area contributed by atoms with E-state index in [1.54, 1.807) is 6.07 Å². The lowest BCUT2D eigenvalue weighted by molar-refractivity contribution is 0.0696. The zero-order valence-corrected chi connectivity index (χ0v) is 10.3. The molecule has 0 radical (unpaired) electrons. The molecule has 2 N–H and O–H groups in total. The summed E-state index contributed by atoms with van der Waals surface area (Å²) in [5, 5.41) is 9.18. The smallest absolute Gasteiger partial charge is 0.341 e. The van der Waals surface area contributed by atoms with Crippen LogP contribution in [0.1, 0.15) is 27.9 Å². The van der Waals surface area contributed by atoms with E-state index in [0.29, 0.717) is 5.56 Å². The number of H-pyrrole nitrogens is 1. The molecule has 19 heavy (non-hydrogen) atoms. The van der Waals surface area contributed by atoms with Gasteiger partial charge < -0.3 is 10.1 Å². The van der Waals surface area contributed by atoms with Gasteiger partial charge in [-0.1, -0.05) is 18.2 Å². The number of hydrogen-bond acceptors (Lipinski definition) is 2. The fourth-order valence-corrected chi connectivity index (χ4v) is 2.67. The van der Waals surface area contributed by atoms with Crippen LogP contribution in [0.2, 0.25) is 0 Å². The van der Waals surface area contributed by atoms with Crippen LogP contribution < -0.4 is 5.56 Å². The lowest BCUT2D eigenvalue weighted by atomic mass is 9.98. The fraction of sp³-hybridized carbons (Fsp3) is 0.200. The number of aryl methyl sites for hydroxylation is 2. The first kappa shape index (κ1) is 11.7. The van der Waals surface area contributed by atoms with Crippen LogP contribution in [0.4, 0.5) is 0 Å². The van der Waals surface area contributed by atoms with Gasteiger partial charge in [0.15, 0.2) is 0 Å². The Morgan fingerprint density at radius 2 is 1.95 bits per heavy atom. The highest BCUT2D eigenvalue weighted by Gasteiger charge is 2.18. The number of nitrogens with one attached hydrogen (secondary N) is 1. The molecule has 1 aliphatic rings. The highest BCUT2D eigenvalue weighted by atomic mass is 16.4. The molecule has 1 heterocycles. The Labute approximate surface area is 109 Å². The highest BCUT2D eigenvalue weighted by molar-refractivity contribution is 5.95. The molecule has 0 atom stereocenters. The number of pyridine rings is 1. The molecule has 4 nitrogen and oxygen atoms in total. The standard InChI is InChI=1S/C15H13NO3/c17-14-13(15(18)19)12(6-7-16-14)11-5-4-9-2-1-3-10(9)8-11/h4-8H,1-3H2,(H,16,17)(H,18,19). The van der Waals surface area contributed by atoms with Crippen molar-refractivity contribution in [3.63, 3.8) is 0 Å². The Morgan fingerprint density at radius 3 is 2.74 bits per heavy atom. The molecule has 1 aromatic heterocycles. The molecule has 4 heteroatoms. The Kier molecular flexibility index (Phi) is 2.71. The number of aromatic carboxylic acids is 1. The zero-order valence-electron chi connectivity index (χ0n) is 10.3. The molecule has 96 valence electrons. The number of aromatic nitrogens is 1. The van der Waals surface area contributed by atoms with Gasteiger partial charge in [0.05, 0.1) is 0 Å². The first-order chi connectivity index (χ1) is 9.16. The van der Waals surface area contributed by atoms with E-state index in [0.717, 1.165) is 24.8 Å². The van der Waals surface area contributed by atoms with Gasteiger partial charge in [0, 0.05) is 11.8 Å². The molecule has 3 rings (SSSR count). The summed E-state index contributed by atoms with van der Waals surface area (Å²) in [6, 6.07) is 7.57. The number of benzene rings is 1. The van der Waals surface area contributed by atoms with Crippen molar-refractivity contribution < 1.29 is 9.90 Å². The van der Waals surface area contributed by atoms with Gasteiger partial charge in [0.1, 0.15) is 5.56 Å². The van der Waals surface area contributed by atoms with Gasteiger partial charge in [0.2, 0.25) is 0 Å². The Morgan fingerprint density at radius 1 is 1.16 bits per heavy atom. The summed E-state index contributed by atoms with van der Waals surface area (Å²) in [6.07, 6.45) is 4.73. The minimum absolute atomic E-state index is 0.194. The van der Waals surface area contributed by atoms with Crippen molar-refractivity contribution in [2.24, 2.45) is 0 Å². The van der Waals surface area contributed by atoms with Crippen molar-refractivity contribution in [2.45, 2.75) is 19.3 Å². The van der Waals surface area contributed by atoms with Crippen LogP contribution in [0.25, 0.3) is 11.1 Å². The third-order valence-corrected chi connectivity index (χ3v) is 3.58. The molecule has 0 fully saturated rings. The summed E-state index contributed by atoms with van der Waals surface area (Å²) in [4.78, 5) is 25.3. The molecule has 0 unspecified atom stereocenters. The molecular weight excluding hydrogens is 242 g/mol. The third-order valence-electron chi connectivity index (χ3n) is 3.58. The maximum absolute atomic E-state index is 11.7. The minimum Gasteiger partial charge on any atom is -0.477 e. The maximum Gasteiger partial charge on any atom is 0.341 e. The predicted molar refractivity (Wildman–Crippen MR) is 71.5 cm³/mol. The summed E-state index contributed by atoms with van der Waals surface area (Å²) in [5.41, 5.74) is 3.10. The van der Waals surface area contributed by atoms with Gasteiger partial charge in [-0.2, -0.15) is 0 Å². The highest BCUT2D eigenvalue weighted by Crippen LogP contribution is 2.28. The summed E-state index contributed by atoms with van der Waals surface area (Å²) >= 11 is 0. The van der Waals surface area contributed by atoms with E-state index < -0.39 is 11.5 Å². The molecule has 2 aromatic rings. The van der Waals surface area contributed by atoms with E-state index in [4.69, 9.17) is 0 Å². The number of carbonyl (C=O) groups is 1. The normalized spacial score (nSPS) is 13.3. The molecular formula is C15H13NO3. The fourth-order valence-electron chi connectivity index (χ4n) is 2.67. The number of hydrogen-bond donors (Lipinski definition) is 2. The number of carboxylic acids is 1. The lowest BCUT2D eigenvalue weighted by Crippen LogP contribution is -2.18. The van der Waals surface area contributed by atoms with E-state index in [9.17, 15) is 14.7 Å². The Bertz CT molecular complexity index is 716. The van der Waals surface area contributed by atoms with Gasteiger partial charge >= 0.3 is 5.97 Å². The molecule has 0 saturated heterocycles. The zero-order chi connectivity index (χ0) is 13.4. The summed E-state index contributed by atoms with van der Waals surface area (Å²) < 4.78 is 0. The van der Waals surface area contributed by atoms with E-state index in [1.165, 1.54) is 17.3 Å². The molecule has 0 spiro atoms. The third kappa shape index (κ3) is 1.95. The van der Waals surface area contributed by atoms with Crippen LogP contribution >= 0.6 is 0 Å². The first-order valence-electron chi connectivity index (χ1n) is 6.24. The Hall–Kier alpha value is -2.36. The van der Waals surface area contributed by atoms with Crippen molar-refractivity contribution in [2.75, 3.05) is 0 Å². The van der Waals surface area contributed by atoms with Crippen LogP contribution in [0, 0.1) is 0 Å². The largest absolute Gasteiger partial charge is 0.477 e. The molecule has 0 aliphatic heterocycles. The monoisotopic (exact) mass is 255 g/mol. The minimum atomic E-state index is -1.20. The van der Waals surface area contributed by atoms with Crippen molar-refractivity contribution in [1.82, 2.24) is 4.98 Å². The molecule has 0 amide bonds. The molecule has 1 aliphatic carbocycles. The van der Waals surface area contributed by atoms with Crippen molar-refractivity contribution >= 4 is 5.97 Å². The molecule has 0 bridgehead atoms. The number of aromatic amines is 1. The van der Waals surface area contributed by atoms with Crippen LogP contribution in [0.15, 0.2) is 35.3 Å². The van der Waals surface area contributed by atoms with Crippen LogP contribution in [-0.4, -0.2) is 16.1 Å². The number of carboxylic acid groups (broad SMARTS) is 1. The van der Waals surface area contributed by atoms with Crippen LogP contribution in [0.5, 0.6) is 0 Å². The van der Waals surface area contributed by atoms with Gasteiger partial charge in [-0.15, -0.1) is 0 Å². The second-order valence-electron chi connectivity index (χ2n) is 4.74. The van der Waals surface area contributed by atoms with E-state index in [-0.39, 0.29) is 5.56 Å². The molecule has 0 saturated carbocycles. The van der Waals surface area contributed by atoms with Crippen LogP contribution in [-0.2, 0) is 12.8 Å². The maximum atomic E-state index is 11.7. The van der Waals surface area contributed by atoms with Gasteiger partial charge in [-0.3, -0.25) is 4.79 Å². The average molecular weight is 255 g/mol. The lowest BCUT2D eigenvalue weighted by Gasteiger charge is -2.07. The van der Waals surface area contributed by atoms with Gasteiger partial charge in [0.25, 0.3) is 5.56 Å². The van der Waals surface area contributed by atoms with E-state index in [1.807, 2.05) is 18.2 Å². The second-order valence-corrected chi connectivity index (χ2v) is 4.74. The van der Waals surface area contributed by atoms with Crippen molar-refractivity contribution in [1.29, 1.82) is 0 Å².